The number of aliphatic hydroxyl groups excluding tert-OH is 1. The van der Waals surface area contributed by atoms with Crippen LogP contribution in [0.1, 0.15) is 25.7 Å². The van der Waals surface area contributed by atoms with Crippen LogP contribution in [0.4, 0.5) is 8.78 Å². The van der Waals surface area contributed by atoms with E-state index in [1.165, 1.54) is 24.3 Å². The maximum atomic E-state index is 13.4. The first-order valence-electron chi connectivity index (χ1n) is 11.1. The van der Waals surface area contributed by atoms with Crippen LogP contribution in [-0.2, 0) is 4.79 Å². The maximum Gasteiger partial charge on any atom is 0.257 e. The second kappa shape index (κ2) is 13.1. The Hall–Kier alpha value is -2.13. The first-order valence-corrected chi connectivity index (χ1v) is 11.9. The largest absolute Gasteiger partial charge is 0.491 e. The number of hydrogen-bond donors (Lipinski definition) is 3. The molecule has 0 aliphatic heterocycles. The highest BCUT2D eigenvalue weighted by atomic mass is 35.5. The second-order valence-electron chi connectivity index (χ2n) is 8.34. The van der Waals surface area contributed by atoms with Crippen molar-refractivity contribution in [3.63, 3.8) is 0 Å². The van der Waals surface area contributed by atoms with Gasteiger partial charge in [0.05, 0.1) is 10.0 Å². The summed E-state index contributed by atoms with van der Waals surface area (Å²) in [7, 11) is 0. The number of benzene rings is 2. The van der Waals surface area contributed by atoms with Gasteiger partial charge in [0.1, 0.15) is 35.8 Å². The highest BCUT2D eigenvalue weighted by molar-refractivity contribution is 6.31. The smallest absolute Gasteiger partial charge is 0.257 e. The minimum atomic E-state index is -0.732. The predicted molar refractivity (Wildman–Crippen MR) is 127 cm³/mol. The molecule has 0 bridgehead atoms. The van der Waals surface area contributed by atoms with E-state index in [0.717, 1.165) is 31.7 Å². The van der Waals surface area contributed by atoms with Gasteiger partial charge in [-0.2, -0.15) is 0 Å². The summed E-state index contributed by atoms with van der Waals surface area (Å²) in [5.74, 6) is -0.501. The zero-order chi connectivity index (χ0) is 24.5. The molecule has 10 heteroatoms. The fourth-order valence-electron chi connectivity index (χ4n) is 3.72. The van der Waals surface area contributed by atoms with Gasteiger partial charge in [-0.25, -0.2) is 8.78 Å². The van der Waals surface area contributed by atoms with Gasteiger partial charge in [0.2, 0.25) is 0 Å². The molecule has 1 aliphatic rings. The van der Waals surface area contributed by atoms with E-state index in [0.29, 0.717) is 24.8 Å². The fourth-order valence-corrected chi connectivity index (χ4v) is 3.95. The Bertz CT molecular complexity index is 959. The van der Waals surface area contributed by atoms with Gasteiger partial charge in [0, 0.05) is 31.3 Å². The van der Waals surface area contributed by atoms with E-state index in [-0.39, 0.29) is 41.0 Å². The summed E-state index contributed by atoms with van der Waals surface area (Å²) in [6, 6.07) is 8.45. The summed E-state index contributed by atoms with van der Waals surface area (Å²) >= 11 is 11.3. The number of rotatable bonds is 11. The third kappa shape index (κ3) is 8.58. The number of nitrogens with one attached hydrogen (secondary N) is 2. The number of aliphatic hydroxyl groups is 1. The van der Waals surface area contributed by atoms with Crippen LogP contribution in [0.5, 0.6) is 11.5 Å². The summed E-state index contributed by atoms with van der Waals surface area (Å²) in [5, 5.41) is 16.3. The van der Waals surface area contributed by atoms with E-state index in [1.807, 2.05) is 0 Å². The van der Waals surface area contributed by atoms with Crippen LogP contribution in [0.3, 0.4) is 0 Å². The monoisotopic (exact) mass is 516 g/mol. The van der Waals surface area contributed by atoms with Crippen LogP contribution < -0.4 is 20.1 Å². The van der Waals surface area contributed by atoms with Crippen molar-refractivity contribution in [1.82, 2.24) is 10.6 Å². The van der Waals surface area contributed by atoms with Gasteiger partial charge in [-0.3, -0.25) is 4.79 Å². The topological polar surface area (TPSA) is 79.8 Å². The van der Waals surface area contributed by atoms with E-state index >= 15 is 0 Å². The van der Waals surface area contributed by atoms with Crippen LogP contribution in [0.2, 0.25) is 10.0 Å². The van der Waals surface area contributed by atoms with Gasteiger partial charge < -0.3 is 25.2 Å². The van der Waals surface area contributed by atoms with Gasteiger partial charge in [-0.05, 0) is 55.9 Å². The van der Waals surface area contributed by atoms with Crippen LogP contribution in [0.15, 0.2) is 36.4 Å². The zero-order valence-electron chi connectivity index (χ0n) is 18.5. The van der Waals surface area contributed by atoms with Crippen molar-refractivity contribution in [1.29, 1.82) is 0 Å². The maximum absolute atomic E-state index is 13.4. The van der Waals surface area contributed by atoms with Crippen molar-refractivity contribution in [2.75, 3.05) is 26.3 Å². The van der Waals surface area contributed by atoms with Crippen molar-refractivity contribution in [3.8, 4) is 11.5 Å². The number of ether oxygens (including phenoxy) is 2. The van der Waals surface area contributed by atoms with Gasteiger partial charge in [-0.1, -0.05) is 23.2 Å². The van der Waals surface area contributed by atoms with Gasteiger partial charge >= 0.3 is 0 Å². The predicted octanol–water partition coefficient (Wildman–Crippen LogP) is 4.35. The van der Waals surface area contributed by atoms with Crippen LogP contribution in [0, 0.1) is 17.6 Å². The average Bonchev–Trinajstić information content (AvgIpc) is 2.83. The van der Waals surface area contributed by atoms with Crippen molar-refractivity contribution < 1.29 is 28.2 Å². The standard InChI is InChI=1S/C24H28Cl2F2N2O4/c25-20-7-5-18(9-22(20)27)33-13-17(31)12-29-16-3-1-15(2-4-16)11-30-24(32)14-34-19-6-8-21(26)23(28)10-19/h5-10,15-17,29,31H,1-4,11-14H2,(H,30,32)/t15-,16-,17?. The van der Waals surface area contributed by atoms with Crippen LogP contribution in [-0.4, -0.2) is 49.5 Å². The molecule has 6 nitrogen and oxygen atoms in total. The molecule has 0 spiro atoms. The molecular formula is C24H28Cl2F2N2O4. The molecule has 1 saturated carbocycles. The molecule has 0 radical (unpaired) electrons. The molecular weight excluding hydrogens is 489 g/mol. The highest BCUT2D eigenvalue weighted by Gasteiger charge is 2.22. The summed E-state index contributed by atoms with van der Waals surface area (Å²) in [6.07, 6.45) is 3.01. The Balaban J connectivity index is 1.26. The number of carbonyl (C=O) groups excluding carboxylic acids is 1. The zero-order valence-corrected chi connectivity index (χ0v) is 20.0. The number of amides is 1. The van der Waals surface area contributed by atoms with Crippen LogP contribution >= 0.6 is 23.2 Å². The summed E-state index contributed by atoms with van der Waals surface area (Å²) < 4.78 is 37.5. The molecule has 0 saturated heterocycles. The highest BCUT2D eigenvalue weighted by Crippen LogP contribution is 2.24. The number of hydrogen-bond acceptors (Lipinski definition) is 5. The van der Waals surface area contributed by atoms with Gasteiger partial charge in [0.15, 0.2) is 6.61 Å². The molecule has 3 N–H and O–H groups in total. The van der Waals surface area contributed by atoms with Crippen molar-refractivity contribution in [2.45, 2.75) is 37.8 Å². The SMILES string of the molecule is O=C(COc1ccc(Cl)c(F)c1)NC[C@H]1CC[C@H](NCC(O)COc2ccc(Cl)c(F)c2)CC1. The molecule has 1 atom stereocenters. The second-order valence-corrected chi connectivity index (χ2v) is 9.15. The third-order valence-corrected chi connectivity index (χ3v) is 6.28. The molecule has 1 fully saturated rings. The van der Waals surface area contributed by atoms with Crippen molar-refractivity contribution in [2.24, 2.45) is 5.92 Å². The molecule has 34 heavy (non-hydrogen) atoms. The number of halogens is 4. The Morgan fingerprint density at radius 3 is 2.18 bits per heavy atom. The van der Waals surface area contributed by atoms with E-state index < -0.39 is 17.7 Å². The Labute approximate surface area is 207 Å². The Morgan fingerprint density at radius 1 is 1.00 bits per heavy atom. The summed E-state index contributed by atoms with van der Waals surface area (Å²) in [5.41, 5.74) is 0. The van der Waals surface area contributed by atoms with E-state index in [1.54, 1.807) is 6.07 Å². The minimum Gasteiger partial charge on any atom is -0.491 e. The van der Waals surface area contributed by atoms with Crippen LogP contribution in [0.25, 0.3) is 0 Å². The number of carbonyl (C=O) groups is 1. The minimum absolute atomic E-state index is 0.000594. The van der Waals surface area contributed by atoms with Gasteiger partial charge in [0.25, 0.3) is 5.91 Å². The van der Waals surface area contributed by atoms with Gasteiger partial charge in [-0.15, -0.1) is 0 Å². The first kappa shape index (κ1) is 26.5. The molecule has 1 unspecified atom stereocenters. The Kier molecular flexibility index (Phi) is 10.2. The van der Waals surface area contributed by atoms with Crippen molar-refractivity contribution >= 4 is 29.1 Å². The third-order valence-electron chi connectivity index (χ3n) is 5.67. The molecule has 0 aromatic heterocycles. The lowest BCUT2D eigenvalue weighted by Crippen LogP contribution is -2.41. The fraction of sp³-hybridized carbons (Fsp3) is 0.458. The quantitative estimate of drug-likeness (QED) is 0.413. The molecule has 2 aromatic rings. The van der Waals surface area contributed by atoms with E-state index in [4.69, 9.17) is 32.7 Å². The van der Waals surface area contributed by atoms with E-state index in [9.17, 15) is 18.7 Å². The lowest BCUT2D eigenvalue weighted by atomic mass is 9.86. The summed E-state index contributed by atoms with van der Waals surface area (Å²) in [6.45, 7) is 0.767. The molecule has 2 aromatic carbocycles. The molecule has 0 heterocycles. The average molecular weight is 517 g/mol. The normalized spacial score (nSPS) is 18.9. The van der Waals surface area contributed by atoms with E-state index in [2.05, 4.69) is 10.6 Å². The first-order chi connectivity index (χ1) is 16.3. The molecule has 1 amide bonds. The Morgan fingerprint density at radius 2 is 1.59 bits per heavy atom. The summed E-state index contributed by atoms with van der Waals surface area (Å²) in [4.78, 5) is 12.0. The molecule has 1 aliphatic carbocycles. The molecule has 3 rings (SSSR count). The lowest BCUT2D eigenvalue weighted by molar-refractivity contribution is -0.123. The van der Waals surface area contributed by atoms with Crippen molar-refractivity contribution in [3.05, 3.63) is 58.1 Å². The molecule has 186 valence electrons. The lowest BCUT2D eigenvalue weighted by Gasteiger charge is -2.30.